The molecule has 1 aliphatic heterocycles. The van der Waals surface area contributed by atoms with Crippen molar-refractivity contribution >= 4 is 27.8 Å². The van der Waals surface area contributed by atoms with Crippen LogP contribution in [0, 0.1) is 0 Å². The first-order chi connectivity index (χ1) is 7.79. The molecule has 0 unspecified atom stereocenters. The molecular formula is C12H9BrO3. The van der Waals surface area contributed by atoms with Crippen LogP contribution in [0.1, 0.15) is 17.5 Å². The van der Waals surface area contributed by atoms with Gasteiger partial charge in [-0.25, -0.2) is 0 Å². The Morgan fingerprint density at radius 3 is 2.69 bits per heavy atom. The summed E-state index contributed by atoms with van der Waals surface area (Å²) in [4.78, 5) is 11.1. The molecule has 0 radical (unpaired) electrons. The number of aryl methyl sites for hydroxylation is 1. The monoisotopic (exact) mass is 280 g/mol. The summed E-state index contributed by atoms with van der Waals surface area (Å²) >= 11 is 3.44. The minimum atomic E-state index is 0.263. The molecule has 0 N–H and O–H groups in total. The second-order valence-corrected chi connectivity index (χ2v) is 4.76. The molecule has 0 saturated carbocycles. The van der Waals surface area contributed by atoms with E-state index < -0.39 is 0 Å². The lowest BCUT2D eigenvalue weighted by Crippen LogP contribution is -2.03. The molecule has 3 rings (SSSR count). The minimum Gasteiger partial charge on any atom is -0.454 e. The summed E-state index contributed by atoms with van der Waals surface area (Å²) in [6.07, 6.45) is 2.68. The molecule has 0 bridgehead atoms. The van der Waals surface area contributed by atoms with Crippen LogP contribution < -0.4 is 9.47 Å². The van der Waals surface area contributed by atoms with Gasteiger partial charge >= 0.3 is 0 Å². The van der Waals surface area contributed by atoms with Crippen LogP contribution in [0.15, 0.2) is 16.6 Å². The molecule has 82 valence electrons. The predicted molar refractivity (Wildman–Crippen MR) is 62.8 cm³/mol. The van der Waals surface area contributed by atoms with Gasteiger partial charge in [-0.1, -0.05) is 15.9 Å². The zero-order chi connectivity index (χ0) is 11.1. The number of ether oxygens (including phenoxy) is 2. The number of rotatable bonds is 1. The zero-order valence-electron chi connectivity index (χ0n) is 8.46. The van der Waals surface area contributed by atoms with Gasteiger partial charge in [-0.15, -0.1) is 0 Å². The molecule has 16 heavy (non-hydrogen) atoms. The van der Waals surface area contributed by atoms with E-state index >= 15 is 0 Å². The number of halogens is 1. The number of carbonyl (C=O) groups is 1. The Hall–Kier alpha value is -1.29. The van der Waals surface area contributed by atoms with Crippen molar-refractivity contribution in [3.05, 3.63) is 27.7 Å². The van der Waals surface area contributed by atoms with Crippen LogP contribution in [-0.2, 0) is 11.2 Å². The molecule has 0 saturated heterocycles. The van der Waals surface area contributed by atoms with Gasteiger partial charge in [0, 0.05) is 10.1 Å². The summed E-state index contributed by atoms with van der Waals surface area (Å²) in [7, 11) is 0. The van der Waals surface area contributed by atoms with E-state index in [0.717, 1.165) is 51.8 Å². The van der Waals surface area contributed by atoms with Crippen LogP contribution in [0.5, 0.6) is 11.5 Å². The van der Waals surface area contributed by atoms with E-state index in [1.807, 2.05) is 12.1 Å². The van der Waals surface area contributed by atoms with E-state index in [-0.39, 0.29) is 6.79 Å². The van der Waals surface area contributed by atoms with Gasteiger partial charge in [0.05, 0.1) is 0 Å². The van der Waals surface area contributed by atoms with Crippen molar-refractivity contribution < 1.29 is 14.3 Å². The minimum absolute atomic E-state index is 0.263. The summed E-state index contributed by atoms with van der Waals surface area (Å²) < 4.78 is 11.6. The number of carbonyl (C=O) groups excluding carboxylic acids is 1. The average Bonchev–Trinajstić information content (AvgIpc) is 2.73. The molecule has 4 heteroatoms. The second-order valence-electron chi connectivity index (χ2n) is 3.80. The van der Waals surface area contributed by atoms with E-state index in [1.54, 1.807) is 0 Å². The van der Waals surface area contributed by atoms with Crippen molar-refractivity contribution in [2.24, 2.45) is 0 Å². The van der Waals surface area contributed by atoms with Crippen LogP contribution >= 0.6 is 15.9 Å². The standard InChI is InChI=1S/C12H9BrO3/c13-10-2-1-7-3-11-12(16-6-15-11)4-8(7)9(10)5-14/h3-5H,1-2,6H2. The van der Waals surface area contributed by atoms with Crippen molar-refractivity contribution in [2.75, 3.05) is 6.79 Å². The fourth-order valence-electron chi connectivity index (χ4n) is 2.09. The lowest BCUT2D eigenvalue weighted by atomic mass is 9.91. The first-order valence-corrected chi connectivity index (χ1v) is 5.85. The smallest absolute Gasteiger partial charge is 0.231 e. The lowest BCUT2D eigenvalue weighted by Gasteiger charge is -2.17. The third-order valence-electron chi connectivity index (χ3n) is 2.91. The lowest BCUT2D eigenvalue weighted by molar-refractivity contribution is -0.103. The van der Waals surface area contributed by atoms with E-state index in [9.17, 15) is 4.79 Å². The topological polar surface area (TPSA) is 35.5 Å². The van der Waals surface area contributed by atoms with Gasteiger partial charge in [-0.3, -0.25) is 4.79 Å². The Balaban J connectivity index is 2.20. The maximum absolute atomic E-state index is 11.1. The van der Waals surface area contributed by atoms with Crippen LogP contribution in [0.25, 0.3) is 5.57 Å². The molecule has 0 amide bonds. The third kappa shape index (κ3) is 1.37. The molecule has 0 spiro atoms. The summed E-state index contributed by atoms with van der Waals surface area (Å²) in [6.45, 7) is 0.263. The van der Waals surface area contributed by atoms with E-state index in [0.29, 0.717) is 0 Å². The Morgan fingerprint density at radius 2 is 1.94 bits per heavy atom. The second kappa shape index (κ2) is 3.63. The number of hydrogen-bond acceptors (Lipinski definition) is 3. The van der Waals surface area contributed by atoms with E-state index in [2.05, 4.69) is 15.9 Å². The molecule has 2 aliphatic rings. The van der Waals surface area contributed by atoms with Gasteiger partial charge in [-0.05, 0) is 36.1 Å². The number of aldehydes is 1. The van der Waals surface area contributed by atoms with Gasteiger partial charge in [0.1, 0.15) is 0 Å². The highest BCUT2D eigenvalue weighted by Gasteiger charge is 2.22. The zero-order valence-corrected chi connectivity index (χ0v) is 10.0. The molecule has 0 aromatic heterocycles. The summed E-state index contributed by atoms with van der Waals surface area (Å²) in [6, 6.07) is 3.86. The van der Waals surface area contributed by atoms with Gasteiger partial charge in [0.15, 0.2) is 17.8 Å². The highest BCUT2D eigenvalue weighted by atomic mass is 79.9. The number of benzene rings is 1. The Morgan fingerprint density at radius 1 is 1.19 bits per heavy atom. The van der Waals surface area contributed by atoms with Crippen molar-refractivity contribution in [1.82, 2.24) is 0 Å². The van der Waals surface area contributed by atoms with Crippen molar-refractivity contribution in [3.63, 3.8) is 0 Å². The Labute approximate surface area is 101 Å². The largest absolute Gasteiger partial charge is 0.454 e. The Kier molecular flexibility index (Phi) is 2.24. The first-order valence-electron chi connectivity index (χ1n) is 5.06. The van der Waals surface area contributed by atoms with Gasteiger partial charge in [0.2, 0.25) is 6.79 Å². The molecule has 0 fully saturated rings. The molecule has 0 atom stereocenters. The highest BCUT2D eigenvalue weighted by Crippen LogP contribution is 2.41. The number of allylic oxidation sites excluding steroid dienone is 2. The fourth-order valence-corrected chi connectivity index (χ4v) is 2.60. The molecule has 3 nitrogen and oxygen atoms in total. The average molecular weight is 281 g/mol. The first kappa shape index (κ1) is 9.90. The van der Waals surface area contributed by atoms with Crippen molar-refractivity contribution in [3.8, 4) is 11.5 Å². The van der Waals surface area contributed by atoms with Crippen LogP contribution in [0.2, 0.25) is 0 Å². The number of fused-ring (bicyclic) bond motifs is 2. The number of hydrogen-bond donors (Lipinski definition) is 0. The summed E-state index contributed by atoms with van der Waals surface area (Å²) in [5.41, 5.74) is 2.83. The highest BCUT2D eigenvalue weighted by molar-refractivity contribution is 9.11. The van der Waals surface area contributed by atoms with Gasteiger partial charge in [0.25, 0.3) is 0 Å². The molecule has 1 aromatic carbocycles. The quantitative estimate of drug-likeness (QED) is 0.742. The van der Waals surface area contributed by atoms with Crippen LogP contribution in [-0.4, -0.2) is 13.1 Å². The van der Waals surface area contributed by atoms with Crippen molar-refractivity contribution in [2.45, 2.75) is 12.8 Å². The van der Waals surface area contributed by atoms with E-state index in [1.165, 1.54) is 0 Å². The normalized spacial score (nSPS) is 17.3. The van der Waals surface area contributed by atoms with Crippen molar-refractivity contribution in [1.29, 1.82) is 0 Å². The Bertz CT molecular complexity index is 505. The maximum atomic E-state index is 11.1. The maximum Gasteiger partial charge on any atom is 0.231 e. The van der Waals surface area contributed by atoms with E-state index in [4.69, 9.17) is 9.47 Å². The summed E-state index contributed by atoms with van der Waals surface area (Å²) in [5, 5.41) is 0. The van der Waals surface area contributed by atoms with Gasteiger partial charge in [-0.2, -0.15) is 0 Å². The van der Waals surface area contributed by atoms with Crippen LogP contribution in [0.3, 0.4) is 0 Å². The van der Waals surface area contributed by atoms with Gasteiger partial charge < -0.3 is 9.47 Å². The molecular weight excluding hydrogens is 272 g/mol. The fraction of sp³-hybridized carbons (Fsp3) is 0.250. The third-order valence-corrected chi connectivity index (χ3v) is 3.74. The summed E-state index contributed by atoms with van der Waals surface area (Å²) in [5.74, 6) is 1.50. The predicted octanol–water partition coefficient (Wildman–Crippen LogP) is 2.67. The SMILES string of the molecule is O=CC1=C(Br)CCc2cc3c(cc21)OCO3. The molecule has 1 aromatic rings. The van der Waals surface area contributed by atoms with Crippen LogP contribution in [0.4, 0.5) is 0 Å². The molecule has 1 heterocycles. The molecule has 1 aliphatic carbocycles.